The molecule has 5 aliphatic heterocycles. The van der Waals surface area contributed by atoms with Crippen LogP contribution in [-0.4, -0.2) is 117 Å². The molecule has 0 bridgehead atoms. The van der Waals surface area contributed by atoms with Crippen LogP contribution < -0.4 is 35.9 Å². The Morgan fingerprint density at radius 1 is 0.646 bits per heavy atom. The first kappa shape index (κ1) is 53.9. The maximum absolute atomic E-state index is 13.1. The smallest absolute Gasteiger partial charge is 0.434 e. The number of alkyl halides is 4. The van der Waals surface area contributed by atoms with Crippen molar-refractivity contribution in [3.63, 3.8) is 0 Å². The van der Waals surface area contributed by atoms with Gasteiger partial charge in [0.1, 0.15) is 18.2 Å². The van der Waals surface area contributed by atoms with E-state index < -0.39 is 13.2 Å². The Morgan fingerprint density at radius 3 is 1.73 bits per heavy atom. The van der Waals surface area contributed by atoms with Gasteiger partial charge in [0.25, 0.3) is 11.1 Å². The van der Waals surface area contributed by atoms with Crippen LogP contribution in [0, 0.1) is 0 Å². The Kier molecular flexibility index (Phi) is 15.6. The van der Waals surface area contributed by atoms with Crippen LogP contribution in [0.25, 0.3) is 32.9 Å². The Morgan fingerprint density at radius 2 is 1.19 bits per heavy atom. The molecule has 0 radical (unpaired) electrons. The summed E-state index contributed by atoms with van der Waals surface area (Å²) in [5.41, 5.74) is 4.90. The number of benzene rings is 4. The molecule has 8 aromatic rings. The van der Waals surface area contributed by atoms with Crippen LogP contribution in [0.3, 0.4) is 0 Å². The van der Waals surface area contributed by atoms with Crippen molar-refractivity contribution < 1.29 is 45.8 Å². The monoisotopic (exact) mass is 1150 g/mol. The molecule has 24 heteroatoms. The topological polar surface area (TPSA) is 167 Å². The summed E-state index contributed by atoms with van der Waals surface area (Å²) < 4.78 is 91.4. The zero-order valence-corrected chi connectivity index (χ0v) is 45.1. The minimum atomic E-state index is -2.92. The van der Waals surface area contributed by atoms with Crippen LogP contribution in [0.5, 0.6) is 11.5 Å². The predicted molar refractivity (Wildman–Crippen MR) is 292 cm³/mol. The molecule has 5 aliphatic rings. The SMILES string of the molecule is CC1OB(c2cnc(N3CCCOC3)nc2)OC1(C)C.O=c1c2ccc(-c3cnc(N4CCOCC4)nc3)cc2n2n1CCC2c1ccccc1OC(F)F.O=c1c2ccc(Br)cc2n2n1CCC2c1ccccc1OC(F)F. The Bertz CT molecular complexity index is 3570. The van der Waals surface area contributed by atoms with Gasteiger partial charge in [0.2, 0.25) is 11.9 Å². The number of fused-ring (bicyclic) bond motifs is 6. The number of halogens is 5. The second-order valence-corrected chi connectivity index (χ2v) is 21.0. The molecule has 0 aliphatic carbocycles. The molecule has 18 nitrogen and oxygen atoms in total. The van der Waals surface area contributed by atoms with E-state index in [0.717, 1.165) is 64.8 Å². The van der Waals surface area contributed by atoms with E-state index in [0.29, 0.717) is 79.7 Å². The number of nitrogens with zero attached hydrogens (tertiary/aromatic N) is 10. The fraction of sp³-hybridized carbons (Fsp3) is 0.382. The predicted octanol–water partition coefficient (Wildman–Crippen LogP) is 8.42. The van der Waals surface area contributed by atoms with Gasteiger partial charge in [-0.2, -0.15) is 17.6 Å². The van der Waals surface area contributed by atoms with Crippen LogP contribution in [-0.2, 0) is 31.9 Å². The second-order valence-electron chi connectivity index (χ2n) is 20.1. The lowest BCUT2D eigenvalue weighted by molar-refractivity contribution is -0.0513. The first-order valence-electron chi connectivity index (χ1n) is 26.1. The standard InChI is InChI=1S/C25H23F2N5O3.C17H13BrF2N2O2.C13H20BN3O3/c26-24(27)35-22-4-2-1-3-18(22)20-7-8-31-23(33)19-6-5-16(13-21(19)32(20)31)17-14-28-25(29-15-17)30-9-11-34-12-10-30;18-10-5-6-12-14(9-10)22-13(7-8-21(22)16(12)23)11-3-1-2-4-15(11)24-17(19)20;1-10-13(2,3)20-14(19-10)11-7-15-12(16-8-11)17-5-4-6-18-9-17/h1-6,13-15,20,24H,7-12H2;1-6,9,13,17H,7-8H2;7-8,10H,4-6,9H2,1-3H3. The zero-order valence-electron chi connectivity index (χ0n) is 43.5. The summed E-state index contributed by atoms with van der Waals surface area (Å²) in [6.07, 6.45) is 9.42. The van der Waals surface area contributed by atoms with Crippen molar-refractivity contribution in [1.82, 2.24) is 38.7 Å². The number of morpholine rings is 1. The molecular weight excluding hydrogens is 1100 g/mol. The molecule has 0 amide bonds. The van der Waals surface area contributed by atoms with Gasteiger partial charge in [-0.05, 0) is 88.1 Å². The van der Waals surface area contributed by atoms with Crippen molar-refractivity contribution in [2.24, 2.45) is 0 Å². The third kappa shape index (κ3) is 11.1. The summed E-state index contributed by atoms with van der Waals surface area (Å²) >= 11 is 3.42. The van der Waals surface area contributed by atoms with E-state index in [9.17, 15) is 27.2 Å². The maximum atomic E-state index is 13.1. The highest BCUT2D eigenvalue weighted by Crippen LogP contribution is 2.39. The molecule has 0 saturated carbocycles. The first-order chi connectivity index (χ1) is 38.2. The number of aromatic nitrogens is 8. The molecule has 9 heterocycles. The average molecular weight is 1150 g/mol. The van der Waals surface area contributed by atoms with E-state index >= 15 is 0 Å². The quantitative estimate of drug-likeness (QED) is 0.0946. The minimum Gasteiger partial charge on any atom is -0.434 e. The summed E-state index contributed by atoms with van der Waals surface area (Å²) in [5, 5.41) is 1.20. The third-order valence-corrected chi connectivity index (χ3v) is 15.4. The Labute approximate surface area is 459 Å². The van der Waals surface area contributed by atoms with Crippen molar-refractivity contribution in [3.8, 4) is 22.6 Å². The van der Waals surface area contributed by atoms with Crippen LogP contribution in [0.1, 0.15) is 63.2 Å². The number of anilines is 2. The highest BCUT2D eigenvalue weighted by atomic mass is 79.9. The lowest BCUT2D eigenvalue weighted by Crippen LogP contribution is -2.37. The number of ether oxygens (including phenoxy) is 4. The molecular formula is C55H56BBrF4N10O8. The van der Waals surface area contributed by atoms with E-state index in [1.807, 2.05) is 59.3 Å². The summed E-state index contributed by atoms with van der Waals surface area (Å²) in [5.74, 6) is 1.63. The van der Waals surface area contributed by atoms with Gasteiger partial charge < -0.3 is 38.1 Å². The van der Waals surface area contributed by atoms with Gasteiger partial charge >= 0.3 is 20.3 Å². The van der Waals surface area contributed by atoms with Crippen molar-refractivity contribution in [3.05, 3.63) is 146 Å². The molecule has 4 aromatic heterocycles. The van der Waals surface area contributed by atoms with Gasteiger partial charge in [0, 0.05) is 84.1 Å². The Balaban J connectivity index is 0.000000131. The molecule has 412 valence electrons. The molecule has 3 atom stereocenters. The summed E-state index contributed by atoms with van der Waals surface area (Å²) in [7, 11) is -0.383. The van der Waals surface area contributed by atoms with E-state index in [4.69, 9.17) is 23.5 Å². The number of hydrogen-bond donors (Lipinski definition) is 0. The second kappa shape index (κ2) is 22.9. The molecule has 4 aromatic carbocycles. The van der Waals surface area contributed by atoms with Gasteiger partial charge in [0.05, 0.1) is 65.4 Å². The molecule has 0 spiro atoms. The van der Waals surface area contributed by atoms with Crippen LogP contribution in [0.4, 0.5) is 29.5 Å². The van der Waals surface area contributed by atoms with Crippen molar-refractivity contribution in [2.45, 2.75) is 90.1 Å². The highest BCUT2D eigenvalue weighted by molar-refractivity contribution is 9.10. The minimum absolute atomic E-state index is 0.0441. The molecule has 3 fully saturated rings. The van der Waals surface area contributed by atoms with Crippen molar-refractivity contribution >= 4 is 62.2 Å². The summed E-state index contributed by atoms with van der Waals surface area (Å²) in [6.45, 7) is 6.41. The average Bonchev–Trinajstić information content (AvgIpc) is 4.32. The van der Waals surface area contributed by atoms with Gasteiger partial charge in [-0.25, -0.2) is 29.3 Å². The van der Waals surface area contributed by atoms with Crippen LogP contribution in [0.2, 0.25) is 0 Å². The number of hydrogen-bond acceptors (Lipinski definition) is 14. The van der Waals surface area contributed by atoms with Crippen molar-refractivity contribution in [1.29, 1.82) is 0 Å². The fourth-order valence-electron chi connectivity index (χ4n) is 10.7. The zero-order chi connectivity index (χ0) is 55.0. The maximum Gasteiger partial charge on any atom is 0.497 e. The fourth-order valence-corrected chi connectivity index (χ4v) is 11.0. The van der Waals surface area contributed by atoms with E-state index in [2.05, 4.69) is 45.5 Å². The summed E-state index contributed by atoms with van der Waals surface area (Å²) in [6, 6.07) is 24.1. The number of rotatable bonds is 10. The molecule has 3 saturated heterocycles. The van der Waals surface area contributed by atoms with E-state index in [1.54, 1.807) is 82.7 Å². The normalized spacial score (nSPS) is 19.6. The van der Waals surface area contributed by atoms with Gasteiger partial charge in [-0.15, -0.1) is 0 Å². The third-order valence-electron chi connectivity index (χ3n) is 14.9. The summed E-state index contributed by atoms with van der Waals surface area (Å²) in [4.78, 5) is 47.6. The lowest BCUT2D eigenvalue weighted by Gasteiger charge is -2.26. The lowest BCUT2D eigenvalue weighted by atomic mass is 9.81. The molecule has 79 heavy (non-hydrogen) atoms. The molecule has 0 N–H and O–H groups in total. The van der Waals surface area contributed by atoms with E-state index in [-0.39, 0.29) is 53.5 Å². The van der Waals surface area contributed by atoms with Crippen LogP contribution >= 0.6 is 15.9 Å². The highest BCUT2D eigenvalue weighted by Gasteiger charge is 2.44. The largest absolute Gasteiger partial charge is 0.497 e. The van der Waals surface area contributed by atoms with Gasteiger partial charge in [-0.1, -0.05) is 58.4 Å². The molecule has 3 unspecified atom stereocenters. The van der Waals surface area contributed by atoms with E-state index in [1.165, 1.54) is 12.1 Å². The number of para-hydroxylation sites is 2. The van der Waals surface area contributed by atoms with Gasteiger partial charge in [-0.3, -0.25) is 19.0 Å². The van der Waals surface area contributed by atoms with Gasteiger partial charge in [0.15, 0.2) is 0 Å². The Hall–Kier alpha value is -7.12. The molecule has 13 rings (SSSR count). The first-order valence-corrected chi connectivity index (χ1v) is 26.9. The van der Waals surface area contributed by atoms with Crippen molar-refractivity contribution in [2.75, 3.05) is 56.0 Å². The van der Waals surface area contributed by atoms with Crippen LogP contribution in [0.15, 0.2) is 124 Å².